The minimum absolute atomic E-state index is 0.119. The summed E-state index contributed by atoms with van der Waals surface area (Å²) in [6.07, 6.45) is 4.26. The Balaban J connectivity index is 1.47. The third kappa shape index (κ3) is 3.38. The van der Waals surface area contributed by atoms with E-state index in [0.717, 1.165) is 51.4 Å². The van der Waals surface area contributed by atoms with Crippen LogP contribution < -0.4 is 0 Å². The van der Waals surface area contributed by atoms with Gasteiger partial charge in [0.2, 0.25) is 0 Å². The minimum Gasteiger partial charge on any atom is -0.360 e. The molecule has 0 amide bonds. The number of aromatic nitrogens is 4. The molecule has 29 heavy (non-hydrogen) atoms. The van der Waals surface area contributed by atoms with E-state index in [1.165, 1.54) is 11.8 Å². The van der Waals surface area contributed by atoms with Gasteiger partial charge in [0.05, 0.1) is 5.25 Å². The van der Waals surface area contributed by atoms with E-state index >= 15 is 0 Å². The number of carbonyl (C=O) groups is 1. The van der Waals surface area contributed by atoms with Crippen molar-refractivity contribution in [2.45, 2.75) is 43.1 Å². The van der Waals surface area contributed by atoms with Gasteiger partial charge in [-0.25, -0.2) is 0 Å². The Morgan fingerprint density at radius 1 is 1.14 bits per heavy atom. The normalized spacial score (nSPS) is 15.0. The van der Waals surface area contributed by atoms with Gasteiger partial charge in [-0.15, -0.1) is 10.2 Å². The first-order valence-electron chi connectivity index (χ1n) is 9.91. The molecule has 2 aromatic carbocycles. The number of para-hydroxylation sites is 1. The second-order valence-corrected chi connectivity index (χ2v) is 8.95. The van der Waals surface area contributed by atoms with E-state index in [1.54, 1.807) is 0 Å². The van der Waals surface area contributed by atoms with Gasteiger partial charge in [-0.3, -0.25) is 9.36 Å². The molecule has 146 valence electrons. The number of fused-ring (bicyclic) bond motifs is 1. The van der Waals surface area contributed by atoms with Crippen LogP contribution in [0.4, 0.5) is 0 Å². The summed E-state index contributed by atoms with van der Waals surface area (Å²) in [5, 5.41) is 10.7. The number of rotatable bonds is 6. The van der Waals surface area contributed by atoms with E-state index in [-0.39, 0.29) is 11.0 Å². The molecule has 1 aliphatic rings. The first-order valence-corrected chi connectivity index (χ1v) is 10.8. The van der Waals surface area contributed by atoms with Gasteiger partial charge in [-0.2, -0.15) is 0 Å². The Bertz CT molecular complexity index is 1190. The van der Waals surface area contributed by atoms with Crippen molar-refractivity contribution in [1.29, 1.82) is 0 Å². The van der Waals surface area contributed by atoms with Crippen molar-refractivity contribution in [2.24, 2.45) is 0 Å². The number of thioether (sulfide) groups is 1. The molecule has 0 spiro atoms. The summed E-state index contributed by atoms with van der Waals surface area (Å²) in [4.78, 5) is 16.2. The maximum Gasteiger partial charge on any atom is 0.192 e. The van der Waals surface area contributed by atoms with Gasteiger partial charge in [-0.05, 0) is 32.8 Å². The highest BCUT2D eigenvalue weighted by Gasteiger charge is 2.32. The molecule has 1 atom stereocenters. The second-order valence-electron chi connectivity index (χ2n) is 7.65. The van der Waals surface area contributed by atoms with E-state index in [9.17, 15) is 4.79 Å². The van der Waals surface area contributed by atoms with Crippen molar-refractivity contribution >= 4 is 28.4 Å². The summed E-state index contributed by atoms with van der Waals surface area (Å²) in [6, 6.07) is 16.4. The number of hydrogen-bond donors (Lipinski definition) is 1. The van der Waals surface area contributed by atoms with Crippen molar-refractivity contribution in [1.82, 2.24) is 19.7 Å². The molecule has 6 heteroatoms. The number of benzene rings is 2. The zero-order valence-electron chi connectivity index (χ0n) is 16.4. The molecular formula is C23H22N4OS. The average molecular weight is 403 g/mol. The maximum absolute atomic E-state index is 12.9. The molecule has 4 aromatic rings. The molecule has 0 aliphatic heterocycles. The highest BCUT2D eigenvalue weighted by molar-refractivity contribution is 8.00. The van der Waals surface area contributed by atoms with E-state index in [1.807, 2.05) is 56.4 Å². The smallest absolute Gasteiger partial charge is 0.192 e. The molecule has 5 nitrogen and oxygen atoms in total. The Hall–Kier alpha value is -2.86. The van der Waals surface area contributed by atoms with E-state index < -0.39 is 0 Å². The second kappa shape index (κ2) is 7.19. The first kappa shape index (κ1) is 18.2. The van der Waals surface area contributed by atoms with Crippen LogP contribution in [0.25, 0.3) is 22.3 Å². The zero-order valence-corrected chi connectivity index (χ0v) is 17.2. The number of carbonyl (C=O) groups excluding carboxylic acids is 1. The van der Waals surface area contributed by atoms with Crippen LogP contribution in [0.3, 0.4) is 0 Å². The van der Waals surface area contributed by atoms with Crippen LogP contribution in [-0.2, 0) is 0 Å². The van der Waals surface area contributed by atoms with E-state index in [0.29, 0.717) is 6.04 Å². The Morgan fingerprint density at radius 2 is 1.90 bits per heavy atom. The van der Waals surface area contributed by atoms with Gasteiger partial charge in [0, 0.05) is 34.3 Å². The predicted molar refractivity (Wildman–Crippen MR) is 116 cm³/mol. The number of nitrogens with zero attached hydrogens (tertiary/aromatic N) is 3. The topological polar surface area (TPSA) is 63.6 Å². The molecular weight excluding hydrogens is 380 g/mol. The lowest BCUT2D eigenvalue weighted by molar-refractivity contribution is 0.0994. The molecule has 0 bridgehead atoms. The van der Waals surface area contributed by atoms with Crippen LogP contribution in [0.2, 0.25) is 0 Å². The summed E-state index contributed by atoms with van der Waals surface area (Å²) in [7, 11) is 0. The molecule has 0 saturated heterocycles. The largest absolute Gasteiger partial charge is 0.360 e. The monoisotopic (exact) mass is 402 g/mol. The number of Topliss-reactive ketones (excluding diaryl/α,β-unsaturated/α-hetero) is 1. The number of aryl methyl sites for hydroxylation is 1. The molecule has 1 aliphatic carbocycles. The number of H-pyrrole nitrogens is 1. The van der Waals surface area contributed by atoms with Gasteiger partial charge in [0.1, 0.15) is 0 Å². The number of aromatic amines is 1. The minimum atomic E-state index is -0.227. The number of nitrogens with one attached hydrogen (secondary N) is 1. The fourth-order valence-electron chi connectivity index (χ4n) is 3.62. The Labute approximate surface area is 173 Å². The van der Waals surface area contributed by atoms with Crippen molar-refractivity contribution in [2.75, 3.05) is 0 Å². The third-order valence-corrected chi connectivity index (χ3v) is 6.45. The molecule has 2 aromatic heterocycles. The third-order valence-electron chi connectivity index (χ3n) is 5.39. The van der Waals surface area contributed by atoms with Gasteiger partial charge >= 0.3 is 0 Å². The standard InChI is InChI=1S/C23H22N4OS/c1-14-7-9-16(10-8-14)21(28)15(2)29-23-26-25-22(27(23)17-11-12-17)19-13-24-20-6-4-3-5-18(19)20/h3-10,13,15,17,24H,11-12H2,1-2H3/t15-/m1/s1. The maximum atomic E-state index is 12.9. The highest BCUT2D eigenvalue weighted by atomic mass is 32.2. The predicted octanol–water partition coefficient (Wildman–Crippen LogP) is 5.43. The number of ketones is 1. The summed E-state index contributed by atoms with van der Waals surface area (Å²) in [6.45, 7) is 3.97. The molecule has 1 N–H and O–H groups in total. The fourth-order valence-corrected chi connectivity index (χ4v) is 4.62. The average Bonchev–Trinajstić information content (AvgIpc) is 3.35. The summed E-state index contributed by atoms with van der Waals surface area (Å²) < 4.78 is 2.22. The van der Waals surface area contributed by atoms with E-state index in [2.05, 4.69) is 31.9 Å². The Morgan fingerprint density at radius 3 is 2.66 bits per heavy atom. The lowest BCUT2D eigenvalue weighted by Gasteiger charge is -2.12. The lowest BCUT2D eigenvalue weighted by atomic mass is 10.1. The number of hydrogen-bond acceptors (Lipinski definition) is 4. The lowest BCUT2D eigenvalue weighted by Crippen LogP contribution is -2.14. The molecule has 0 unspecified atom stereocenters. The summed E-state index contributed by atoms with van der Waals surface area (Å²) in [5.74, 6) is 0.997. The fraction of sp³-hybridized carbons (Fsp3) is 0.261. The van der Waals surface area contributed by atoms with Crippen molar-refractivity contribution in [3.8, 4) is 11.4 Å². The van der Waals surface area contributed by atoms with E-state index in [4.69, 9.17) is 0 Å². The Kier molecular flexibility index (Phi) is 4.51. The zero-order chi connectivity index (χ0) is 20.0. The molecule has 5 rings (SSSR count). The molecule has 1 saturated carbocycles. The van der Waals surface area contributed by atoms with Crippen LogP contribution >= 0.6 is 11.8 Å². The van der Waals surface area contributed by atoms with Gasteiger partial charge in [0.15, 0.2) is 16.8 Å². The van der Waals surface area contributed by atoms with Gasteiger partial charge < -0.3 is 4.98 Å². The first-order chi connectivity index (χ1) is 14.1. The molecule has 0 radical (unpaired) electrons. The van der Waals surface area contributed by atoms with Crippen LogP contribution in [0.1, 0.15) is 41.7 Å². The van der Waals surface area contributed by atoms with Crippen molar-refractivity contribution < 1.29 is 4.79 Å². The van der Waals surface area contributed by atoms with Crippen molar-refractivity contribution in [3.05, 3.63) is 65.9 Å². The molecule has 2 heterocycles. The quantitative estimate of drug-likeness (QED) is 0.345. The van der Waals surface area contributed by atoms with Crippen LogP contribution in [-0.4, -0.2) is 30.8 Å². The van der Waals surface area contributed by atoms with Gasteiger partial charge in [-0.1, -0.05) is 59.8 Å². The van der Waals surface area contributed by atoms with Gasteiger partial charge in [0.25, 0.3) is 0 Å². The van der Waals surface area contributed by atoms with Crippen molar-refractivity contribution in [3.63, 3.8) is 0 Å². The van der Waals surface area contributed by atoms with Crippen LogP contribution in [0.15, 0.2) is 59.9 Å². The summed E-state index contributed by atoms with van der Waals surface area (Å²) >= 11 is 1.50. The SMILES string of the molecule is Cc1ccc(C(=O)[C@@H](C)Sc2nnc(-c3c[nH]c4ccccc34)n2C2CC2)cc1. The van der Waals surface area contributed by atoms with Crippen LogP contribution in [0, 0.1) is 6.92 Å². The van der Waals surface area contributed by atoms with Crippen LogP contribution in [0.5, 0.6) is 0 Å². The molecule has 1 fully saturated rings. The highest BCUT2D eigenvalue weighted by Crippen LogP contribution is 2.43. The summed E-state index contributed by atoms with van der Waals surface area (Å²) in [5.41, 5.74) is 4.04.